The quantitative estimate of drug-likeness (QED) is 0.709. The maximum Gasteiger partial charge on any atom is 0.198 e. The van der Waals surface area contributed by atoms with Gasteiger partial charge in [-0.25, -0.2) is 0 Å². The molecule has 0 atom stereocenters. The maximum atomic E-state index is 12.4. The molecular weight excluding hydrogens is 309 g/mol. The summed E-state index contributed by atoms with van der Waals surface area (Å²) in [5, 5.41) is 11.8. The summed E-state index contributed by atoms with van der Waals surface area (Å²) in [4.78, 5) is 16.6. The van der Waals surface area contributed by atoms with Gasteiger partial charge in [0.05, 0.1) is 11.1 Å². The van der Waals surface area contributed by atoms with E-state index in [0.717, 1.165) is 0 Å². The lowest BCUT2D eigenvalue weighted by molar-refractivity contribution is 0.103. The van der Waals surface area contributed by atoms with Crippen LogP contribution in [0.4, 0.5) is 0 Å². The summed E-state index contributed by atoms with van der Waals surface area (Å²) in [7, 11) is 0. The van der Waals surface area contributed by atoms with Gasteiger partial charge in [-0.05, 0) is 42.5 Å². The highest BCUT2D eigenvalue weighted by atomic mass is 35.5. The predicted octanol–water partition coefficient (Wildman–Crippen LogP) is 4.48. The Morgan fingerprint density at radius 1 is 1.00 bits per heavy atom. The molecule has 1 heterocycles. The van der Waals surface area contributed by atoms with E-state index in [-0.39, 0.29) is 17.1 Å². The number of aromatic nitrogens is 1. The summed E-state index contributed by atoms with van der Waals surface area (Å²) >= 11 is 11.7. The van der Waals surface area contributed by atoms with Gasteiger partial charge >= 0.3 is 0 Å². The zero-order chi connectivity index (χ0) is 15.0. The van der Waals surface area contributed by atoms with Gasteiger partial charge in [-0.15, -0.1) is 0 Å². The van der Waals surface area contributed by atoms with Crippen LogP contribution in [-0.2, 0) is 0 Å². The summed E-state index contributed by atoms with van der Waals surface area (Å²) < 4.78 is 0. The largest absolute Gasteiger partial charge is 0.506 e. The fourth-order valence-electron chi connectivity index (χ4n) is 2.07. The Balaban J connectivity index is 2.14. The normalized spacial score (nSPS) is 10.8. The molecule has 0 radical (unpaired) electrons. The van der Waals surface area contributed by atoms with Crippen LogP contribution in [-0.4, -0.2) is 15.9 Å². The Morgan fingerprint density at radius 2 is 1.67 bits per heavy atom. The summed E-state index contributed by atoms with van der Waals surface area (Å²) in [5.74, 6) is -0.444. The maximum absolute atomic E-state index is 12.4. The standard InChI is InChI=1S/C16H9Cl2NO2/c17-10-3-1-9(2-4-10)15(20)13-8-19-14-6-5-11(18)7-12(14)16(13)21/h1-8H,(H,19,21). The molecule has 0 saturated carbocycles. The monoisotopic (exact) mass is 317 g/mol. The van der Waals surface area contributed by atoms with Crippen LogP contribution in [0, 0.1) is 0 Å². The number of benzene rings is 2. The second kappa shape index (κ2) is 5.35. The third-order valence-electron chi connectivity index (χ3n) is 3.15. The lowest BCUT2D eigenvalue weighted by atomic mass is 10.0. The predicted molar refractivity (Wildman–Crippen MR) is 83.3 cm³/mol. The molecule has 0 fully saturated rings. The van der Waals surface area contributed by atoms with Crippen LogP contribution in [0.3, 0.4) is 0 Å². The number of nitrogens with zero attached hydrogens (tertiary/aromatic N) is 1. The van der Waals surface area contributed by atoms with Crippen molar-refractivity contribution in [2.75, 3.05) is 0 Å². The average Bonchev–Trinajstić information content (AvgIpc) is 2.48. The van der Waals surface area contributed by atoms with Crippen molar-refractivity contribution < 1.29 is 9.90 Å². The Hall–Kier alpha value is -2.10. The summed E-state index contributed by atoms with van der Waals surface area (Å²) in [6.45, 7) is 0. The first-order valence-electron chi connectivity index (χ1n) is 6.14. The first kappa shape index (κ1) is 13.9. The van der Waals surface area contributed by atoms with Crippen LogP contribution in [0.2, 0.25) is 10.0 Å². The van der Waals surface area contributed by atoms with Crippen LogP contribution in [0.5, 0.6) is 5.75 Å². The third kappa shape index (κ3) is 2.58. The average molecular weight is 318 g/mol. The number of rotatable bonds is 2. The number of carbonyl (C=O) groups is 1. The van der Waals surface area contributed by atoms with Gasteiger partial charge in [0, 0.05) is 27.2 Å². The highest BCUT2D eigenvalue weighted by Crippen LogP contribution is 2.30. The lowest BCUT2D eigenvalue weighted by Gasteiger charge is -2.07. The molecular formula is C16H9Cl2NO2. The van der Waals surface area contributed by atoms with Crippen molar-refractivity contribution in [1.29, 1.82) is 0 Å². The first-order valence-corrected chi connectivity index (χ1v) is 6.89. The smallest absolute Gasteiger partial charge is 0.198 e. The van der Waals surface area contributed by atoms with Gasteiger partial charge in [0.2, 0.25) is 0 Å². The Bertz CT molecular complexity index is 845. The van der Waals surface area contributed by atoms with E-state index in [1.54, 1.807) is 42.5 Å². The molecule has 0 unspecified atom stereocenters. The number of hydrogen-bond acceptors (Lipinski definition) is 3. The fraction of sp³-hybridized carbons (Fsp3) is 0. The number of pyridine rings is 1. The highest BCUT2D eigenvalue weighted by Gasteiger charge is 2.16. The highest BCUT2D eigenvalue weighted by molar-refractivity contribution is 6.31. The Labute approximate surface area is 130 Å². The molecule has 0 spiro atoms. The molecule has 21 heavy (non-hydrogen) atoms. The molecule has 0 aliphatic rings. The molecule has 0 aliphatic heterocycles. The van der Waals surface area contributed by atoms with Gasteiger partial charge < -0.3 is 5.11 Å². The van der Waals surface area contributed by atoms with Crippen LogP contribution >= 0.6 is 23.2 Å². The second-order valence-corrected chi connectivity index (χ2v) is 5.39. The number of carbonyl (C=O) groups excluding carboxylic acids is 1. The van der Waals surface area contributed by atoms with Crippen LogP contribution in [0.1, 0.15) is 15.9 Å². The lowest BCUT2D eigenvalue weighted by Crippen LogP contribution is -2.02. The van der Waals surface area contributed by atoms with Gasteiger partial charge in [0.1, 0.15) is 5.75 Å². The summed E-state index contributed by atoms with van der Waals surface area (Å²) in [6, 6.07) is 11.4. The van der Waals surface area contributed by atoms with Gasteiger partial charge in [-0.1, -0.05) is 23.2 Å². The van der Waals surface area contributed by atoms with E-state index < -0.39 is 0 Å². The van der Waals surface area contributed by atoms with Crippen LogP contribution < -0.4 is 0 Å². The van der Waals surface area contributed by atoms with Crippen molar-refractivity contribution in [2.45, 2.75) is 0 Å². The molecule has 0 bridgehead atoms. The number of halogens is 2. The minimum Gasteiger partial charge on any atom is -0.506 e. The Kier molecular flexibility index (Phi) is 3.53. The molecule has 3 nitrogen and oxygen atoms in total. The van der Waals surface area contributed by atoms with Gasteiger partial charge in [0.25, 0.3) is 0 Å². The first-order chi connectivity index (χ1) is 10.1. The molecule has 0 amide bonds. The number of fused-ring (bicyclic) bond motifs is 1. The van der Waals surface area contributed by atoms with Crippen molar-refractivity contribution >= 4 is 39.9 Å². The van der Waals surface area contributed by atoms with Gasteiger partial charge in [0.15, 0.2) is 5.78 Å². The van der Waals surface area contributed by atoms with Crippen LogP contribution in [0.15, 0.2) is 48.7 Å². The molecule has 0 saturated heterocycles. The minimum atomic E-state index is -0.321. The topological polar surface area (TPSA) is 50.2 Å². The number of ketones is 1. The van der Waals surface area contributed by atoms with E-state index in [1.807, 2.05) is 0 Å². The van der Waals surface area contributed by atoms with E-state index in [2.05, 4.69) is 4.98 Å². The summed E-state index contributed by atoms with van der Waals surface area (Å²) in [5.41, 5.74) is 1.13. The van der Waals surface area contributed by atoms with Crippen molar-refractivity contribution in [3.8, 4) is 5.75 Å². The fourth-order valence-corrected chi connectivity index (χ4v) is 2.37. The zero-order valence-electron chi connectivity index (χ0n) is 10.7. The van der Waals surface area contributed by atoms with Gasteiger partial charge in [-0.2, -0.15) is 0 Å². The van der Waals surface area contributed by atoms with Crippen LogP contribution in [0.25, 0.3) is 10.9 Å². The molecule has 1 aromatic heterocycles. The van der Waals surface area contributed by atoms with Gasteiger partial charge in [-0.3, -0.25) is 9.78 Å². The molecule has 104 valence electrons. The molecule has 2 aromatic carbocycles. The van der Waals surface area contributed by atoms with E-state index in [4.69, 9.17) is 23.2 Å². The van der Waals surface area contributed by atoms with Crippen molar-refractivity contribution in [1.82, 2.24) is 4.98 Å². The van der Waals surface area contributed by atoms with Crippen molar-refractivity contribution in [3.63, 3.8) is 0 Å². The molecule has 0 aliphatic carbocycles. The summed E-state index contributed by atoms with van der Waals surface area (Å²) in [6.07, 6.45) is 1.36. The number of aromatic hydroxyl groups is 1. The molecule has 1 N–H and O–H groups in total. The Morgan fingerprint density at radius 3 is 2.38 bits per heavy atom. The molecule has 3 aromatic rings. The molecule has 5 heteroatoms. The van der Waals surface area contributed by atoms with Crippen molar-refractivity contribution in [3.05, 3.63) is 69.8 Å². The van der Waals surface area contributed by atoms with E-state index in [1.165, 1.54) is 6.20 Å². The second-order valence-electron chi connectivity index (χ2n) is 4.52. The zero-order valence-corrected chi connectivity index (χ0v) is 12.2. The minimum absolute atomic E-state index is 0.123. The molecule has 3 rings (SSSR count). The third-order valence-corrected chi connectivity index (χ3v) is 3.64. The SMILES string of the molecule is O=C(c1ccc(Cl)cc1)c1cnc2ccc(Cl)cc2c1O. The van der Waals surface area contributed by atoms with E-state index in [9.17, 15) is 9.90 Å². The van der Waals surface area contributed by atoms with Crippen molar-refractivity contribution in [2.24, 2.45) is 0 Å². The number of hydrogen-bond donors (Lipinski definition) is 1. The van der Waals surface area contributed by atoms with E-state index >= 15 is 0 Å². The van der Waals surface area contributed by atoms with E-state index in [0.29, 0.717) is 26.5 Å².